The number of benzene rings is 1. The Hall–Kier alpha value is -3.76. The average Bonchev–Trinajstić information content (AvgIpc) is 2.81. The van der Waals surface area contributed by atoms with Gasteiger partial charge >= 0.3 is 11.6 Å². The van der Waals surface area contributed by atoms with Crippen LogP contribution in [0.2, 0.25) is 0 Å². The highest BCUT2D eigenvalue weighted by molar-refractivity contribution is 5.82. The molecule has 0 saturated carbocycles. The molecule has 0 aliphatic carbocycles. The molecule has 0 bridgehead atoms. The van der Waals surface area contributed by atoms with E-state index in [1.54, 1.807) is 0 Å². The van der Waals surface area contributed by atoms with Gasteiger partial charge in [0, 0.05) is 44.7 Å². The van der Waals surface area contributed by atoms with Crippen LogP contribution in [0.25, 0.3) is 11.1 Å². The van der Waals surface area contributed by atoms with Crippen LogP contribution in [0.1, 0.15) is 32.3 Å². The summed E-state index contributed by atoms with van der Waals surface area (Å²) >= 11 is 0. The first kappa shape index (κ1) is 23.4. The fraction of sp³-hybridized carbons (Fsp3) is 0.391. The first-order valence-electron chi connectivity index (χ1n) is 11.2. The minimum Gasteiger partial charge on any atom is -0.403 e. The number of halogens is 2. The molecule has 0 unspecified atom stereocenters. The summed E-state index contributed by atoms with van der Waals surface area (Å²) in [5, 5.41) is 4.40. The predicted octanol–water partition coefficient (Wildman–Crippen LogP) is 3.03. The molecule has 1 aromatic carbocycles. The quantitative estimate of drug-likeness (QED) is 0.333. The van der Waals surface area contributed by atoms with Crippen molar-refractivity contribution in [1.82, 2.24) is 14.9 Å². The molecule has 0 radical (unpaired) electrons. The molecule has 11 heteroatoms. The van der Waals surface area contributed by atoms with Gasteiger partial charge in [0.05, 0.1) is 5.69 Å². The number of nitrogens with one attached hydrogen (secondary N) is 1. The van der Waals surface area contributed by atoms with Crippen molar-refractivity contribution < 1.29 is 18.0 Å². The van der Waals surface area contributed by atoms with Gasteiger partial charge in [0.1, 0.15) is 22.9 Å². The van der Waals surface area contributed by atoms with E-state index in [0.29, 0.717) is 56.1 Å². The zero-order chi connectivity index (χ0) is 24.2. The van der Waals surface area contributed by atoms with Gasteiger partial charge in [-0.1, -0.05) is 19.0 Å². The zero-order valence-corrected chi connectivity index (χ0v) is 18.9. The number of oxime groups is 1. The maximum atomic E-state index is 14.1. The van der Waals surface area contributed by atoms with Gasteiger partial charge in [-0.05, 0) is 30.5 Å². The van der Waals surface area contributed by atoms with Crippen LogP contribution in [0, 0.1) is 11.6 Å². The summed E-state index contributed by atoms with van der Waals surface area (Å²) in [5.41, 5.74) is -0.290. The Morgan fingerprint density at radius 3 is 2.62 bits per heavy atom. The van der Waals surface area contributed by atoms with Gasteiger partial charge in [0.15, 0.2) is 0 Å². The molecule has 180 valence electrons. The average molecular weight is 473 g/mol. The fourth-order valence-electron chi connectivity index (χ4n) is 3.98. The Balaban J connectivity index is 1.51. The van der Waals surface area contributed by atoms with Crippen molar-refractivity contribution in [1.29, 1.82) is 0 Å². The van der Waals surface area contributed by atoms with Crippen LogP contribution in [-0.4, -0.2) is 46.9 Å². The fourth-order valence-corrected chi connectivity index (χ4v) is 3.98. The molecule has 9 nitrogen and oxygen atoms in total. The first-order valence-corrected chi connectivity index (χ1v) is 11.2. The summed E-state index contributed by atoms with van der Waals surface area (Å²) in [7, 11) is 0. The van der Waals surface area contributed by atoms with E-state index in [1.165, 1.54) is 18.2 Å². The zero-order valence-electron chi connectivity index (χ0n) is 18.9. The second kappa shape index (κ2) is 10.0. The van der Waals surface area contributed by atoms with E-state index < -0.39 is 22.8 Å². The lowest BCUT2D eigenvalue weighted by Crippen LogP contribution is -2.49. The molecule has 0 atom stereocenters. The van der Waals surface area contributed by atoms with Crippen molar-refractivity contribution in [2.45, 2.75) is 33.1 Å². The number of aromatic nitrogens is 2. The Bertz CT molecular complexity index is 1330. The largest absolute Gasteiger partial charge is 0.403 e. The normalized spacial score (nSPS) is 14.6. The van der Waals surface area contributed by atoms with Crippen LogP contribution in [0.4, 0.5) is 14.5 Å². The third-order valence-corrected chi connectivity index (χ3v) is 5.66. The smallest absolute Gasteiger partial charge is 0.337 e. The molecule has 4 rings (SSSR count). The number of aryl methyl sites for hydroxylation is 1. The van der Waals surface area contributed by atoms with Crippen molar-refractivity contribution >= 4 is 22.6 Å². The van der Waals surface area contributed by atoms with Gasteiger partial charge in [-0.2, -0.15) is 4.98 Å². The van der Waals surface area contributed by atoms with Crippen LogP contribution in [0.3, 0.4) is 0 Å². The highest BCUT2D eigenvalue weighted by atomic mass is 19.1. The number of H-pyrrole nitrogens is 1. The van der Waals surface area contributed by atoms with Crippen molar-refractivity contribution in [2.24, 2.45) is 5.16 Å². The van der Waals surface area contributed by atoms with E-state index in [0.717, 1.165) is 12.5 Å². The maximum absolute atomic E-state index is 14.1. The molecule has 1 N–H and O–H groups in total. The van der Waals surface area contributed by atoms with Crippen molar-refractivity contribution in [3.05, 3.63) is 62.2 Å². The van der Waals surface area contributed by atoms with Crippen LogP contribution in [0.5, 0.6) is 6.01 Å². The second-order valence-electron chi connectivity index (χ2n) is 7.91. The minimum absolute atomic E-state index is 0.106. The van der Waals surface area contributed by atoms with E-state index in [-0.39, 0.29) is 17.1 Å². The molecular formula is C23H25F2N5O4. The highest BCUT2D eigenvalue weighted by Gasteiger charge is 2.22. The third-order valence-electron chi connectivity index (χ3n) is 5.66. The van der Waals surface area contributed by atoms with E-state index >= 15 is 0 Å². The molecule has 0 amide bonds. The number of anilines is 1. The predicted molar refractivity (Wildman–Crippen MR) is 123 cm³/mol. The van der Waals surface area contributed by atoms with Crippen LogP contribution in [0.15, 0.2) is 43.4 Å². The standard InChI is InChI=1S/C23H25F2N5O4/c1-3-5-18(30-10-8-29(9-11-30)17-7-6-15(24)13-16(17)25)28-34-23-26-21(32)20-14(4-2)12-19(31)33-22(20)27-23/h6-7,12-13H,3-5,8-11H2,1-2H3,(H,26,27,32)/b28-18-. The molecule has 3 aromatic rings. The Labute approximate surface area is 193 Å². The van der Waals surface area contributed by atoms with Crippen LogP contribution >= 0.6 is 0 Å². The molecule has 1 aliphatic rings. The molecule has 34 heavy (non-hydrogen) atoms. The van der Waals surface area contributed by atoms with Gasteiger partial charge < -0.3 is 19.1 Å². The van der Waals surface area contributed by atoms with Gasteiger partial charge in [0.2, 0.25) is 5.71 Å². The van der Waals surface area contributed by atoms with Crippen molar-refractivity contribution in [3.8, 4) is 6.01 Å². The summed E-state index contributed by atoms with van der Waals surface area (Å²) in [5.74, 6) is -0.559. The van der Waals surface area contributed by atoms with Gasteiger partial charge in [0.25, 0.3) is 5.56 Å². The lowest BCUT2D eigenvalue weighted by molar-refractivity contribution is 0.288. The van der Waals surface area contributed by atoms with Crippen LogP contribution in [-0.2, 0) is 6.42 Å². The van der Waals surface area contributed by atoms with Crippen molar-refractivity contribution in [2.75, 3.05) is 31.1 Å². The SMILES string of the molecule is CCC/C(=N/Oc1nc2oc(=O)cc(CC)c2c(=O)[nH]1)N1CCN(c2ccc(F)cc2F)CC1. The molecule has 0 spiro atoms. The summed E-state index contributed by atoms with van der Waals surface area (Å²) in [6.45, 7) is 5.95. The maximum Gasteiger partial charge on any atom is 0.337 e. The second-order valence-corrected chi connectivity index (χ2v) is 7.91. The minimum atomic E-state index is -0.611. The van der Waals surface area contributed by atoms with E-state index in [9.17, 15) is 18.4 Å². The number of aromatic amines is 1. The number of hydrogen-bond donors (Lipinski definition) is 1. The molecule has 1 aliphatic heterocycles. The molecule has 1 fully saturated rings. The number of rotatable bonds is 6. The van der Waals surface area contributed by atoms with E-state index in [2.05, 4.69) is 15.1 Å². The topological polar surface area (TPSA) is 104 Å². The van der Waals surface area contributed by atoms with E-state index in [1.807, 2.05) is 23.6 Å². The van der Waals surface area contributed by atoms with Gasteiger partial charge in [-0.3, -0.25) is 9.78 Å². The molecule has 2 aromatic heterocycles. The number of hydrogen-bond acceptors (Lipinski definition) is 7. The third kappa shape index (κ3) is 4.92. The van der Waals surface area contributed by atoms with Crippen molar-refractivity contribution in [3.63, 3.8) is 0 Å². The Morgan fingerprint density at radius 1 is 1.18 bits per heavy atom. The first-order chi connectivity index (χ1) is 16.4. The summed E-state index contributed by atoms with van der Waals surface area (Å²) < 4.78 is 32.4. The van der Waals surface area contributed by atoms with Gasteiger partial charge in [-0.15, -0.1) is 0 Å². The molecular weight excluding hydrogens is 448 g/mol. The monoisotopic (exact) mass is 473 g/mol. The lowest BCUT2D eigenvalue weighted by Gasteiger charge is -2.37. The van der Waals surface area contributed by atoms with Gasteiger partial charge in [-0.25, -0.2) is 13.6 Å². The van der Waals surface area contributed by atoms with Crippen LogP contribution < -0.4 is 20.9 Å². The molecule has 3 heterocycles. The summed E-state index contributed by atoms with van der Waals surface area (Å²) in [6.07, 6.45) is 1.88. The number of fused-ring (bicyclic) bond motifs is 1. The molecule has 1 saturated heterocycles. The summed E-state index contributed by atoms with van der Waals surface area (Å²) in [4.78, 5) is 40.2. The number of amidine groups is 1. The summed E-state index contributed by atoms with van der Waals surface area (Å²) in [6, 6.07) is 4.64. The van der Waals surface area contributed by atoms with E-state index in [4.69, 9.17) is 9.25 Å². The number of nitrogens with zero attached hydrogens (tertiary/aromatic N) is 4. The Morgan fingerprint density at radius 2 is 1.94 bits per heavy atom. The number of piperazine rings is 1. The highest BCUT2D eigenvalue weighted by Crippen LogP contribution is 2.22. The lowest BCUT2D eigenvalue weighted by atomic mass is 10.1. The Kier molecular flexibility index (Phi) is 6.90.